The third kappa shape index (κ3) is 3.91. The zero-order valence-corrected chi connectivity index (χ0v) is 11.1. The molecule has 1 fully saturated rings. The van der Waals surface area contributed by atoms with Crippen LogP contribution in [0.5, 0.6) is 0 Å². The van der Waals surface area contributed by atoms with E-state index in [0.29, 0.717) is 30.5 Å². The van der Waals surface area contributed by atoms with E-state index >= 15 is 0 Å². The fourth-order valence-corrected chi connectivity index (χ4v) is 2.67. The van der Waals surface area contributed by atoms with Gasteiger partial charge in [-0.3, -0.25) is 9.78 Å². The number of aromatic nitrogens is 1. The Hall–Kier alpha value is -1.22. The van der Waals surface area contributed by atoms with Gasteiger partial charge in [0.1, 0.15) is 5.78 Å². The van der Waals surface area contributed by atoms with E-state index in [1.165, 1.54) is 12.8 Å². The Morgan fingerprint density at radius 1 is 1.56 bits per heavy atom. The Kier molecular flexibility index (Phi) is 4.88. The van der Waals surface area contributed by atoms with Crippen LogP contribution < -0.4 is 5.32 Å². The number of carbonyl (C=O) groups is 1. The standard InChI is InChI=1S/C15H22N2O/c1-12(13-5-4-7-16-11-13)9-15(18)10-14-6-2-3-8-17-14/h2-3,6,8,12-13,16H,4-5,7,9-11H2,1H3. The number of nitrogens with one attached hydrogen (secondary N) is 1. The normalized spacial score (nSPS) is 21.5. The highest BCUT2D eigenvalue weighted by molar-refractivity contribution is 5.80. The van der Waals surface area contributed by atoms with E-state index in [1.54, 1.807) is 6.20 Å². The first-order valence-electron chi connectivity index (χ1n) is 6.88. The molecule has 0 radical (unpaired) electrons. The van der Waals surface area contributed by atoms with Gasteiger partial charge < -0.3 is 5.32 Å². The molecule has 2 unspecified atom stereocenters. The number of carbonyl (C=O) groups excluding carboxylic acids is 1. The van der Waals surface area contributed by atoms with Gasteiger partial charge in [-0.05, 0) is 49.9 Å². The Bertz CT molecular complexity index is 371. The number of pyridine rings is 1. The lowest BCUT2D eigenvalue weighted by Gasteiger charge is -2.27. The summed E-state index contributed by atoms with van der Waals surface area (Å²) < 4.78 is 0. The lowest BCUT2D eigenvalue weighted by molar-refractivity contribution is -0.119. The van der Waals surface area contributed by atoms with Gasteiger partial charge in [-0.15, -0.1) is 0 Å². The summed E-state index contributed by atoms with van der Waals surface area (Å²) in [5, 5.41) is 3.42. The van der Waals surface area contributed by atoms with Crippen molar-refractivity contribution >= 4 is 5.78 Å². The molecule has 1 aromatic heterocycles. The van der Waals surface area contributed by atoms with Crippen LogP contribution in [0, 0.1) is 11.8 Å². The minimum Gasteiger partial charge on any atom is -0.316 e. The second-order valence-corrected chi connectivity index (χ2v) is 5.32. The third-order valence-electron chi connectivity index (χ3n) is 3.79. The van der Waals surface area contributed by atoms with Crippen molar-refractivity contribution in [2.75, 3.05) is 13.1 Å². The minimum absolute atomic E-state index is 0.312. The average Bonchev–Trinajstić information content (AvgIpc) is 2.40. The highest BCUT2D eigenvalue weighted by Gasteiger charge is 2.21. The van der Waals surface area contributed by atoms with E-state index < -0.39 is 0 Å². The minimum atomic E-state index is 0.312. The van der Waals surface area contributed by atoms with Crippen molar-refractivity contribution in [1.82, 2.24) is 10.3 Å². The van der Waals surface area contributed by atoms with Gasteiger partial charge in [0.25, 0.3) is 0 Å². The SMILES string of the molecule is CC(CC(=O)Cc1ccccn1)C1CCCNC1. The van der Waals surface area contributed by atoms with Gasteiger partial charge in [0.05, 0.1) is 0 Å². The number of hydrogen-bond acceptors (Lipinski definition) is 3. The maximum absolute atomic E-state index is 12.0. The molecule has 1 N–H and O–H groups in total. The molecule has 3 heteroatoms. The van der Waals surface area contributed by atoms with Crippen LogP contribution in [0.4, 0.5) is 0 Å². The monoisotopic (exact) mass is 246 g/mol. The predicted octanol–water partition coefficient (Wildman–Crippen LogP) is 2.22. The summed E-state index contributed by atoms with van der Waals surface area (Å²) in [6.07, 6.45) is 5.40. The Labute approximate surface area is 109 Å². The lowest BCUT2D eigenvalue weighted by atomic mass is 9.84. The predicted molar refractivity (Wildman–Crippen MR) is 72.3 cm³/mol. The van der Waals surface area contributed by atoms with Crippen LogP contribution in [-0.4, -0.2) is 23.9 Å². The molecule has 1 aliphatic heterocycles. The van der Waals surface area contributed by atoms with E-state index in [1.807, 2.05) is 18.2 Å². The summed E-state index contributed by atoms with van der Waals surface area (Å²) in [6.45, 7) is 4.40. The number of Topliss-reactive ketones (excluding diaryl/α,β-unsaturated/α-hetero) is 1. The molecule has 2 atom stereocenters. The molecule has 2 heterocycles. The highest BCUT2D eigenvalue weighted by Crippen LogP contribution is 2.23. The van der Waals surface area contributed by atoms with E-state index in [2.05, 4.69) is 17.2 Å². The topological polar surface area (TPSA) is 42.0 Å². The molecular formula is C15H22N2O. The highest BCUT2D eigenvalue weighted by atomic mass is 16.1. The number of piperidine rings is 1. The van der Waals surface area contributed by atoms with Crippen LogP contribution >= 0.6 is 0 Å². The van der Waals surface area contributed by atoms with E-state index in [-0.39, 0.29) is 0 Å². The number of hydrogen-bond donors (Lipinski definition) is 1. The molecule has 0 spiro atoms. The van der Waals surface area contributed by atoms with Crippen LogP contribution in [0.2, 0.25) is 0 Å². The first-order chi connectivity index (χ1) is 8.75. The van der Waals surface area contributed by atoms with E-state index in [4.69, 9.17) is 0 Å². The van der Waals surface area contributed by atoms with Crippen LogP contribution in [0.15, 0.2) is 24.4 Å². The van der Waals surface area contributed by atoms with E-state index in [9.17, 15) is 4.79 Å². The molecule has 1 aliphatic rings. The van der Waals surface area contributed by atoms with Crippen LogP contribution in [0.25, 0.3) is 0 Å². The van der Waals surface area contributed by atoms with Gasteiger partial charge in [-0.2, -0.15) is 0 Å². The second-order valence-electron chi connectivity index (χ2n) is 5.32. The van der Waals surface area contributed by atoms with E-state index in [0.717, 1.165) is 18.8 Å². The second kappa shape index (κ2) is 6.64. The Balaban J connectivity index is 1.79. The fraction of sp³-hybridized carbons (Fsp3) is 0.600. The van der Waals surface area contributed by atoms with Crippen LogP contribution in [0.1, 0.15) is 31.9 Å². The quantitative estimate of drug-likeness (QED) is 0.866. The van der Waals surface area contributed by atoms with Gasteiger partial charge in [0.2, 0.25) is 0 Å². The zero-order valence-electron chi connectivity index (χ0n) is 11.1. The molecule has 0 amide bonds. The average molecular weight is 246 g/mol. The maximum atomic E-state index is 12.0. The van der Waals surface area contributed by atoms with Gasteiger partial charge in [0.15, 0.2) is 0 Å². The summed E-state index contributed by atoms with van der Waals surface area (Å²) in [7, 11) is 0. The molecule has 2 rings (SSSR count). The number of nitrogens with zero attached hydrogens (tertiary/aromatic N) is 1. The molecule has 1 saturated heterocycles. The van der Waals surface area contributed by atoms with Crippen molar-refractivity contribution in [2.45, 2.75) is 32.6 Å². The Morgan fingerprint density at radius 2 is 2.44 bits per heavy atom. The van der Waals surface area contributed by atoms with Crippen molar-refractivity contribution in [2.24, 2.45) is 11.8 Å². The molecule has 1 aromatic rings. The maximum Gasteiger partial charge on any atom is 0.139 e. The molecule has 98 valence electrons. The summed E-state index contributed by atoms with van der Waals surface area (Å²) in [6, 6.07) is 5.74. The molecular weight excluding hydrogens is 224 g/mol. The van der Waals surface area contributed by atoms with Crippen LogP contribution in [-0.2, 0) is 11.2 Å². The number of rotatable bonds is 5. The lowest BCUT2D eigenvalue weighted by Crippen LogP contribution is -2.34. The van der Waals surface area contributed by atoms with Gasteiger partial charge in [-0.1, -0.05) is 13.0 Å². The van der Waals surface area contributed by atoms with Crippen molar-refractivity contribution in [3.05, 3.63) is 30.1 Å². The smallest absolute Gasteiger partial charge is 0.139 e. The van der Waals surface area contributed by atoms with Crippen molar-refractivity contribution in [1.29, 1.82) is 0 Å². The molecule has 0 aromatic carbocycles. The summed E-state index contributed by atoms with van der Waals surface area (Å²) in [5.74, 6) is 1.45. The first kappa shape index (κ1) is 13.2. The first-order valence-corrected chi connectivity index (χ1v) is 6.88. The summed E-state index contributed by atoms with van der Waals surface area (Å²) in [5.41, 5.74) is 0.886. The van der Waals surface area contributed by atoms with Gasteiger partial charge >= 0.3 is 0 Å². The fourth-order valence-electron chi connectivity index (χ4n) is 2.67. The van der Waals surface area contributed by atoms with Crippen molar-refractivity contribution in [3.63, 3.8) is 0 Å². The molecule has 3 nitrogen and oxygen atoms in total. The molecule has 0 aliphatic carbocycles. The summed E-state index contributed by atoms with van der Waals surface area (Å²) >= 11 is 0. The third-order valence-corrected chi connectivity index (χ3v) is 3.79. The number of ketones is 1. The van der Waals surface area contributed by atoms with Gasteiger partial charge in [0, 0.05) is 24.7 Å². The summed E-state index contributed by atoms with van der Waals surface area (Å²) in [4.78, 5) is 16.2. The Morgan fingerprint density at radius 3 is 3.11 bits per heavy atom. The largest absolute Gasteiger partial charge is 0.316 e. The van der Waals surface area contributed by atoms with Crippen LogP contribution in [0.3, 0.4) is 0 Å². The van der Waals surface area contributed by atoms with Gasteiger partial charge in [-0.25, -0.2) is 0 Å². The van der Waals surface area contributed by atoms with Crippen molar-refractivity contribution < 1.29 is 4.79 Å². The molecule has 18 heavy (non-hydrogen) atoms. The zero-order chi connectivity index (χ0) is 12.8. The van der Waals surface area contributed by atoms with Crippen molar-refractivity contribution in [3.8, 4) is 0 Å². The molecule has 0 bridgehead atoms. The molecule has 0 saturated carbocycles.